The molecule has 0 saturated heterocycles. The summed E-state index contributed by atoms with van der Waals surface area (Å²) in [6.07, 6.45) is -0.986. The summed E-state index contributed by atoms with van der Waals surface area (Å²) in [4.78, 5) is 27.0. The van der Waals surface area contributed by atoms with Gasteiger partial charge in [-0.2, -0.15) is 0 Å². The molecule has 0 bridgehead atoms. The van der Waals surface area contributed by atoms with E-state index < -0.39 is 23.7 Å². The Morgan fingerprint density at radius 2 is 1.80 bits per heavy atom. The number of halogens is 1. The molecule has 128 valence electrons. The monoisotopic (exact) mass is 341 g/mol. The number of benzene rings is 2. The largest absolute Gasteiger partial charge is 0.478 e. The molecule has 2 amide bonds. The molecule has 6 nitrogen and oxygen atoms in total. The van der Waals surface area contributed by atoms with Crippen LogP contribution in [0.3, 0.4) is 0 Å². The normalized spacial score (nSPS) is 11.8. The average Bonchev–Trinajstić information content (AvgIpc) is 3.05. The zero-order chi connectivity index (χ0) is 17.8. The minimum absolute atomic E-state index is 0.0351. The van der Waals surface area contributed by atoms with E-state index >= 15 is 0 Å². The molecule has 1 heterocycles. The van der Waals surface area contributed by atoms with E-state index in [9.17, 15) is 14.0 Å². The van der Waals surface area contributed by atoms with Crippen LogP contribution in [0.5, 0.6) is 5.75 Å². The van der Waals surface area contributed by atoms with Crippen LogP contribution in [0, 0.1) is 5.82 Å². The summed E-state index contributed by atoms with van der Waals surface area (Å²) < 4.78 is 18.8. The number of para-hydroxylation sites is 2. The fourth-order valence-corrected chi connectivity index (χ4v) is 2.27. The summed E-state index contributed by atoms with van der Waals surface area (Å²) in [7, 11) is 0. The predicted octanol–water partition coefficient (Wildman–Crippen LogP) is 2.54. The number of ether oxygens (including phenoxy) is 1. The van der Waals surface area contributed by atoms with Gasteiger partial charge in [-0.1, -0.05) is 30.3 Å². The molecule has 0 aliphatic carbocycles. The zero-order valence-electron chi connectivity index (χ0n) is 13.4. The Hall–Kier alpha value is -3.35. The lowest BCUT2D eigenvalue weighted by Gasteiger charge is -2.15. The average molecular weight is 341 g/mol. The fraction of sp³-hybridized carbons (Fsp3) is 0.111. The topological polar surface area (TPSA) is 83.2 Å². The molecule has 0 unspecified atom stereocenters. The van der Waals surface area contributed by atoms with Crippen molar-refractivity contribution in [2.24, 2.45) is 0 Å². The second-order valence-electron chi connectivity index (χ2n) is 5.40. The molecule has 3 aromatic rings. The van der Waals surface area contributed by atoms with Gasteiger partial charge in [0.1, 0.15) is 5.69 Å². The van der Waals surface area contributed by atoms with E-state index in [0.717, 1.165) is 10.9 Å². The number of hydrogen-bond donors (Lipinski definition) is 3. The number of aromatic nitrogens is 1. The van der Waals surface area contributed by atoms with Crippen molar-refractivity contribution in [3.05, 3.63) is 66.1 Å². The second kappa shape index (κ2) is 7.04. The van der Waals surface area contributed by atoms with E-state index in [4.69, 9.17) is 4.74 Å². The SMILES string of the molecule is C[C@H](Oc1ccccc1F)C(=O)NNC(=O)c1cc2ccccc2[nH]1. The summed E-state index contributed by atoms with van der Waals surface area (Å²) in [6.45, 7) is 1.46. The number of aromatic amines is 1. The number of fused-ring (bicyclic) bond motifs is 1. The highest BCUT2D eigenvalue weighted by molar-refractivity contribution is 5.98. The van der Waals surface area contributed by atoms with Gasteiger partial charge in [0.05, 0.1) is 0 Å². The molecule has 25 heavy (non-hydrogen) atoms. The van der Waals surface area contributed by atoms with Crippen LogP contribution in [0.15, 0.2) is 54.6 Å². The lowest BCUT2D eigenvalue weighted by molar-refractivity contribution is -0.128. The minimum atomic E-state index is -0.986. The van der Waals surface area contributed by atoms with Crippen LogP contribution in [0.1, 0.15) is 17.4 Å². The van der Waals surface area contributed by atoms with Gasteiger partial charge >= 0.3 is 0 Å². The fourth-order valence-electron chi connectivity index (χ4n) is 2.27. The highest BCUT2D eigenvalue weighted by Gasteiger charge is 2.18. The number of H-pyrrole nitrogens is 1. The van der Waals surface area contributed by atoms with E-state index in [1.54, 1.807) is 12.1 Å². The Morgan fingerprint density at radius 1 is 1.08 bits per heavy atom. The molecule has 0 aliphatic rings. The quantitative estimate of drug-likeness (QED) is 0.638. The molecule has 0 spiro atoms. The molecule has 2 aromatic carbocycles. The first kappa shape index (κ1) is 16.5. The number of hydrogen-bond acceptors (Lipinski definition) is 3. The van der Waals surface area contributed by atoms with Crippen molar-refractivity contribution >= 4 is 22.7 Å². The van der Waals surface area contributed by atoms with Gasteiger partial charge in [0.25, 0.3) is 11.8 Å². The Kier molecular flexibility index (Phi) is 4.65. The molecule has 0 fully saturated rings. The van der Waals surface area contributed by atoms with Crippen LogP contribution < -0.4 is 15.6 Å². The molecule has 1 atom stereocenters. The van der Waals surface area contributed by atoms with Gasteiger partial charge in [0.15, 0.2) is 17.7 Å². The summed E-state index contributed by atoms with van der Waals surface area (Å²) >= 11 is 0. The van der Waals surface area contributed by atoms with Crippen LogP contribution in [-0.2, 0) is 4.79 Å². The molecular weight excluding hydrogens is 325 g/mol. The molecular formula is C18H16FN3O3. The van der Waals surface area contributed by atoms with E-state index in [2.05, 4.69) is 15.8 Å². The van der Waals surface area contributed by atoms with Crippen LogP contribution in [0.4, 0.5) is 4.39 Å². The molecule has 3 N–H and O–H groups in total. The van der Waals surface area contributed by atoms with E-state index in [0.29, 0.717) is 5.69 Å². The van der Waals surface area contributed by atoms with Crippen LogP contribution in [-0.4, -0.2) is 22.9 Å². The molecule has 1 aromatic heterocycles. The van der Waals surface area contributed by atoms with Crippen molar-refractivity contribution in [2.45, 2.75) is 13.0 Å². The smallest absolute Gasteiger partial charge is 0.286 e. The Balaban J connectivity index is 1.57. The number of carbonyl (C=O) groups excluding carboxylic acids is 2. The first-order valence-corrected chi connectivity index (χ1v) is 7.64. The molecule has 0 aliphatic heterocycles. The first-order chi connectivity index (χ1) is 12.0. The van der Waals surface area contributed by atoms with Crippen LogP contribution in [0.25, 0.3) is 10.9 Å². The molecule has 0 saturated carbocycles. The van der Waals surface area contributed by atoms with E-state index in [1.165, 1.54) is 25.1 Å². The van der Waals surface area contributed by atoms with E-state index in [-0.39, 0.29) is 5.75 Å². The number of carbonyl (C=O) groups is 2. The van der Waals surface area contributed by atoms with Crippen molar-refractivity contribution in [2.75, 3.05) is 0 Å². The van der Waals surface area contributed by atoms with Crippen molar-refractivity contribution in [3.8, 4) is 5.75 Å². The van der Waals surface area contributed by atoms with Gasteiger partial charge in [-0.05, 0) is 31.2 Å². The van der Waals surface area contributed by atoms with Crippen molar-refractivity contribution in [1.29, 1.82) is 0 Å². The summed E-state index contributed by atoms with van der Waals surface area (Å²) in [5, 5.41) is 0.884. The number of hydrazine groups is 1. The summed E-state index contributed by atoms with van der Waals surface area (Å²) in [5.41, 5.74) is 5.68. The van der Waals surface area contributed by atoms with Crippen molar-refractivity contribution < 1.29 is 18.7 Å². The lowest BCUT2D eigenvalue weighted by atomic mass is 10.2. The maximum atomic E-state index is 13.5. The Morgan fingerprint density at radius 3 is 2.56 bits per heavy atom. The second-order valence-corrected chi connectivity index (χ2v) is 5.40. The van der Waals surface area contributed by atoms with Gasteiger partial charge in [0.2, 0.25) is 0 Å². The molecule has 7 heteroatoms. The van der Waals surface area contributed by atoms with Gasteiger partial charge in [-0.15, -0.1) is 0 Å². The summed E-state index contributed by atoms with van der Waals surface area (Å²) in [5.74, 6) is -1.70. The van der Waals surface area contributed by atoms with Gasteiger partial charge in [0, 0.05) is 10.9 Å². The number of rotatable bonds is 4. The van der Waals surface area contributed by atoms with Crippen molar-refractivity contribution in [3.63, 3.8) is 0 Å². The van der Waals surface area contributed by atoms with Gasteiger partial charge in [-0.3, -0.25) is 20.4 Å². The number of amides is 2. The molecule has 0 radical (unpaired) electrons. The minimum Gasteiger partial charge on any atom is -0.478 e. The third-order valence-corrected chi connectivity index (χ3v) is 3.58. The Labute approximate surface area is 143 Å². The summed E-state index contributed by atoms with van der Waals surface area (Å²) in [6, 6.07) is 14.9. The highest BCUT2D eigenvalue weighted by atomic mass is 19.1. The highest BCUT2D eigenvalue weighted by Crippen LogP contribution is 2.17. The predicted molar refractivity (Wildman–Crippen MR) is 90.4 cm³/mol. The Bertz CT molecular complexity index is 890. The van der Waals surface area contributed by atoms with Crippen LogP contribution >= 0.6 is 0 Å². The van der Waals surface area contributed by atoms with Gasteiger partial charge in [-0.25, -0.2) is 4.39 Å². The van der Waals surface area contributed by atoms with Crippen molar-refractivity contribution in [1.82, 2.24) is 15.8 Å². The van der Waals surface area contributed by atoms with E-state index in [1.807, 2.05) is 24.3 Å². The third-order valence-electron chi connectivity index (χ3n) is 3.58. The number of nitrogens with one attached hydrogen (secondary N) is 3. The third kappa shape index (κ3) is 3.77. The van der Waals surface area contributed by atoms with Gasteiger partial charge < -0.3 is 9.72 Å². The maximum Gasteiger partial charge on any atom is 0.286 e. The maximum absolute atomic E-state index is 13.5. The zero-order valence-corrected chi connectivity index (χ0v) is 13.4. The van der Waals surface area contributed by atoms with Crippen LogP contribution in [0.2, 0.25) is 0 Å². The molecule has 3 rings (SSSR count). The first-order valence-electron chi connectivity index (χ1n) is 7.64. The lowest BCUT2D eigenvalue weighted by Crippen LogP contribution is -2.47. The standard InChI is InChI=1S/C18H16FN3O3/c1-11(25-16-9-5-3-7-13(16)19)17(23)21-22-18(24)15-10-12-6-2-4-8-14(12)20-15/h2-11,20H,1H3,(H,21,23)(H,22,24)/t11-/m0/s1.